The molecule has 1 rings (SSSR count). The van der Waals surface area contributed by atoms with Gasteiger partial charge in [0.15, 0.2) is 0 Å². The molecule has 1 aliphatic rings. The maximum absolute atomic E-state index is 11.0. The van der Waals surface area contributed by atoms with Gasteiger partial charge in [-0.25, -0.2) is 0 Å². The van der Waals surface area contributed by atoms with Gasteiger partial charge in [-0.2, -0.15) is 0 Å². The molecule has 0 heterocycles. The van der Waals surface area contributed by atoms with E-state index >= 15 is 0 Å². The van der Waals surface area contributed by atoms with Crippen molar-refractivity contribution in [1.29, 1.82) is 0 Å². The molecule has 0 radical (unpaired) electrons. The fourth-order valence-corrected chi connectivity index (χ4v) is 3.76. The van der Waals surface area contributed by atoms with Crippen molar-refractivity contribution in [3.05, 3.63) is 24.3 Å². The Morgan fingerprint density at radius 1 is 1.08 bits per heavy atom. The molecule has 0 aliphatic heterocycles. The van der Waals surface area contributed by atoms with Gasteiger partial charge in [0.25, 0.3) is 0 Å². The highest BCUT2D eigenvalue weighted by Crippen LogP contribution is 2.35. The first-order valence-corrected chi connectivity index (χ1v) is 10.2. The smallest absolute Gasteiger partial charge is 0.306 e. The lowest BCUT2D eigenvalue weighted by molar-refractivity contribution is -0.142. The van der Waals surface area contributed by atoms with Crippen molar-refractivity contribution in [3.8, 4) is 0 Å². The van der Waals surface area contributed by atoms with Crippen LogP contribution in [0, 0.1) is 17.8 Å². The average molecular weight is 335 g/mol. The standard InChI is InChI=1S/C22H38O2/c1-3-5-6-7-8-10-15-20-17-13-18-21(20)16-12-9-11-14-19(4-2)22(23)24/h9-10,12,15,19-21H,3-8,11,13-14,16-18H2,1-2H3,(H,23,24)/b12-9-,15-10+/t19?,20-,21-/m0/s1. The summed E-state index contributed by atoms with van der Waals surface area (Å²) in [5.41, 5.74) is 0. The lowest BCUT2D eigenvalue weighted by Crippen LogP contribution is -2.11. The lowest BCUT2D eigenvalue weighted by atomic mass is 9.91. The normalized spacial score (nSPS) is 22.6. The first kappa shape index (κ1) is 21.0. The van der Waals surface area contributed by atoms with Crippen molar-refractivity contribution in [1.82, 2.24) is 0 Å². The monoisotopic (exact) mass is 334 g/mol. The minimum atomic E-state index is -0.647. The maximum atomic E-state index is 11.0. The number of carboxylic acid groups (broad SMARTS) is 1. The molecule has 24 heavy (non-hydrogen) atoms. The number of unbranched alkanes of at least 4 members (excludes halogenated alkanes) is 4. The molecular formula is C22H38O2. The number of carbonyl (C=O) groups is 1. The minimum Gasteiger partial charge on any atom is -0.481 e. The Kier molecular flexibility index (Phi) is 11.6. The summed E-state index contributed by atoms with van der Waals surface area (Å²) in [5, 5.41) is 9.06. The van der Waals surface area contributed by atoms with Gasteiger partial charge in [0.05, 0.1) is 5.92 Å². The van der Waals surface area contributed by atoms with Crippen molar-refractivity contribution in [2.45, 2.75) is 90.9 Å². The molecule has 2 nitrogen and oxygen atoms in total. The summed E-state index contributed by atoms with van der Waals surface area (Å²) in [5.74, 6) is 0.744. The van der Waals surface area contributed by atoms with Crippen LogP contribution in [0.1, 0.15) is 90.9 Å². The van der Waals surface area contributed by atoms with Crippen LogP contribution in [0.25, 0.3) is 0 Å². The first-order valence-electron chi connectivity index (χ1n) is 10.2. The molecule has 0 spiro atoms. The molecule has 2 heteroatoms. The fourth-order valence-electron chi connectivity index (χ4n) is 3.76. The van der Waals surface area contributed by atoms with Gasteiger partial charge in [-0.05, 0) is 63.2 Å². The highest BCUT2D eigenvalue weighted by Gasteiger charge is 2.23. The van der Waals surface area contributed by atoms with Crippen LogP contribution in [0.4, 0.5) is 0 Å². The second-order valence-electron chi connectivity index (χ2n) is 7.36. The van der Waals surface area contributed by atoms with Crippen molar-refractivity contribution in [3.63, 3.8) is 0 Å². The second-order valence-corrected chi connectivity index (χ2v) is 7.36. The van der Waals surface area contributed by atoms with E-state index in [0.29, 0.717) is 0 Å². The van der Waals surface area contributed by atoms with Crippen molar-refractivity contribution < 1.29 is 9.90 Å². The van der Waals surface area contributed by atoms with Crippen LogP contribution in [0.15, 0.2) is 24.3 Å². The Balaban J connectivity index is 2.22. The molecule has 138 valence electrons. The maximum Gasteiger partial charge on any atom is 0.306 e. The van der Waals surface area contributed by atoms with Gasteiger partial charge in [0, 0.05) is 0 Å². The number of rotatable bonds is 13. The SMILES string of the molecule is CCCCCC/C=C/[C@H]1CCC[C@@H]1C/C=C\CCC(CC)C(=O)O. The van der Waals surface area contributed by atoms with Gasteiger partial charge in [-0.15, -0.1) is 0 Å². The van der Waals surface area contributed by atoms with E-state index in [1.807, 2.05) is 6.92 Å². The number of allylic oxidation sites excluding steroid dienone is 4. The zero-order chi connectivity index (χ0) is 17.6. The molecule has 1 aliphatic carbocycles. The summed E-state index contributed by atoms with van der Waals surface area (Å²) in [4.78, 5) is 11.0. The van der Waals surface area contributed by atoms with Crippen LogP contribution >= 0.6 is 0 Å². The predicted octanol–water partition coefficient (Wildman–Crippen LogP) is 6.77. The van der Waals surface area contributed by atoms with Gasteiger partial charge < -0.3 is 5.11 Å². The van der Waals surface area contributed by atoms with Crippen LogP contribution in [0.2, 0.25) is 0 Å². The zero-order valence-electron chi connectivity index (χ0n) is 15.9. The highest BCUT2D eigenvalue weighted by atomic mass is 16.4. The predicted molar refractivity (Wildman–Crippen MR) is 103 cm³/mol. The quantitative estimate of drug-likeness (QED) is 0.298. The van der Waals surface area contributed by atoms with Crippen LogP contribution in [0.5, 0.6) is 0 Å². The minimum absolute atomic E-state index is 0.176. The Morgan fingerprint density at radius 3 is 2.62 bits per heavy atom. The molecular weight excluding hydrogens is 296 g/mol. The summed E-state index contributed by atoms with van der Waals surface area (Å²) in [6.07, 6.45) is 23.7. The van der Waals surface area contributed by atoms with Crippen LogP contribution < -0.4 is 0 Å². The van der Waals surface area contributed by atoms with E-state index < -0.39 is 5.97 Å². The Morgan fingerprint density at radius 2 is 1.92 bits per heavy atom. The van der Waals surface area contributed by atoms with Gasteiger partial charge in [0.1, 0.15) is 0 Å². The number of hydrogen-bond acceptors (Lipinski definition) is 1. The summed E-state index contributed by atoms with van der Waals surface area (Å²) in [6.45, 7) is 4.22. The number of aliphatic carboxylic acids is 1. The summed E-state index contributed by atoms with van der Waals surface area (Å²) in [7, 11) is 0. The molecule has 3 atom stereocenters. The molecule has 0 aromatic carbocycles. The molecule has 0 saturated heterocycles. The van der Waals surface area contributed by atoms with Gasteiger partial charge in [0.2, 0.25) is 0 Å². The van der Waals surface area contributed by atoms with Crippen molar-refractivity contribution >= 4 is 5.97 Å². The number of carboxylic acids is 1. The van der Waals surface area contributed by atoms with E-state index in [4.69, 9.17) is 5.11 Å². The van der Waals surface area contributed by atoms with Crippen LogP contribution in [0.3, 0.4) is 0 Å². The van der Waals surface area contributed by atoms with E-state index in [-0.39, 0.29) is 5.92 Å². The van der Waals surface area contributed by atoms with Gasteiger partial charge in [-0.3, -0.25) is 4.79 Å². The lowest BCUT2D eigenvalue weighted by Gasteiger charge is -2.14. The third kappa shape index (κ3) is 8.70. The van der Waals surface area contributed by atoms with E-state index in [9.17, 15) is 4.79 Å². The third-order valence-corrected chi connectivity index (χ3v) is 5.45. The van der Waals surface area contributed by atoms with Gasteiger partial charge >= 0.3 is 5.97 Å². The van der Waals surface area contributed by atoms with Gasteiger partial charge in [-0.1, -0.05) is 63.8 Å². The molecule has 1 fully saturated rings. The van der Waals surface area contributed by atoms with Crippen molar-refractivity contribution in [2.24, 2.45) is 17.8 Å². The highest BCUT2D eigenvalue weighted by molar-refractivity contribution is 5.69. The molecule has 1 unspecified atom stereocenters. The summed E-state index contributed by atoms with van der Waals surface area (Å²) >= 11 is 0. The Hall–Kier alpha value is -1.05. The Labute approximate surface area is 149 Å². The van der Waals surface area contributed by atoms with E-state index in [1.54, 1.807) is 0 Å². The topological polar surface area (TPSA) is 37.3 Å². The average Bonchev–Trinajstić information content (AvgIpc) is 3.01. The molecule has 0 aromatic heterocycles. The molecule has 1 N–H and O–H groups in total. The fraction of sp³-hybridized carbons (Fsp3) is 0.773. The number of hydrogen-bond donors (Lipinski definition) is 1. The van der Waals surface area contributed by atoms with E-state index in [1.165, 1.54) is 51.4 Å². The summed E-state index contributed by atoms with van der Waals surface area (Å²) in [6, 6.07) is 0. The van der Waals surface area contributed by atoms with E-state index in [2.05, 4.69) is 31.2 Å². The summed E-state index contributed by atoms with van der Waals surface area (Å²) < 4.78 is 0. The molecule has 0 bridgehead atoms. The van der Waals surface area contributed by atoms with Crippen LogP contribution in [-0.4, -0.2) is 11.1 Å². The zero-order valence-corrected chi connectivity index (χ0v) is 15.9. The Bertz CT molecular complexity index is 383. The first-order chi connectivity index (χ1) is 11.7. The molecule has 0 amide bonds. The second kappa shape index (κ2) is 13.3. The molecule has 0 aromatic rings. The van der Waals surface area contributed by atoms with E-state index in [0.717, 1.165) is 37.5 Å². The van der Waals surface area contributed by atoms with Crippen LogP contribution in [-0.2, 0) is 4.79 Å². The van der Waals surface area contributed by atoms with Crippen molar-refractivity contribution in [2.75, 3.05) is 0 Å². The largest absolute Gasteiger partial charge is 0.481 e. The molecule has 1 saturated carbocycles. The third-order valence-electron chi connectivity index (χ3n) is 5.45.